The zero-order valence-corrected chi connectivity index (χ0v) is 33.8. The second kappa shape index (κ2) is 17.1. The van der Waals surface area contributed by atoms with Gasteiger partial charge in [-0.1, -0.05) is 54.2 Å². The number of aromatic amines is 3. The monoisotopic (exact) mass is 964 g/mol. The van der Waals surface area contributed by atoms with Gasteiger partial charge in [-0.3, -0.25) is 43.0 Å². The highest BCUT2D eigenvalue weighted by atomic mass is 127. The first-order valence-corrected chi connectivity index (χ1v) is 19.3. The molecule has 0 saturated heterocycles. The minimum Gasteiger partial charge on any atom is -0.393 e. The third-order valence-corrected chi connectivity index (χ3v) is 13.0. The third kappa shape index (κ3) is 8.07. The molecule has 12 atom stereocenters. The average Bonchev–Trinajstić information content (AvgIpc) is 3.65. The zero-order chi connectivity index (χ0) is 45.4. The van der Waals surface area contributed by atoms with Crippen molar-refractivity contribution in [3.63, 3.8) is 0 Å². The van der Waals surface area contributed by atoms with Crippen LogP contribution in [0.15, 0.2) is 65.6 Å². The van der Waals surface area contributed by atoms with Crippen LogP contribution in [0.1, 0.15) is 51.2 Å². The maximum atomic E-state index is 15.0. The summed E-state index contributed by atoms with van der Waals surface area (Å²) in [6.45, 7) is 0.633. The van der Waals surface area contributed by atoms with Gasteiger partial charge in [-0.2, -0.15) is 0 Å². The number of aliphatic hydroxyl groups is 3. The van der Waals surface area contributed by atoms with Crippen molar-refractivity contribution >= 4 is 22.6 Å². The molecule has 3 aromatic rings. The number of terminal acetylenes is 3. The summed E-state index contributed by atoms with van der Waals surface area (Å²) < 4.78 is 90.7. The van der Waals surface area contributed by atoms with Gasteiger partial charge in [0.05, 0.1) is 31.3 Å². The Morgan fingerprint density at radius 1 is 0.617 bits per heavy atom. The molecule has 3 aromatic heterocycles. The van der Waals surface area contributed by atoms with Gasteiger partial charge in [-0.25, -0.2) is 40.7 Å². The third-order valence-electron chi connectivity index (χ3n) is 11.7. The molecule has 0 aromatic carbocycles. The van der Waals surface area contributed by atoms with E-state index >= 15 is 4.39 Å². The van der Waals surface area contributed by atoms with Gasteiger partial charge in [0.1, 0.15) is 17.4 Å². The maximum absolute atomic E-state index is 15.0. The van der Waals surface area contributed by atoms with E-state index in [9.17, 15) is 55.8 Å². The average molecular weight is 965 g/mol. The lowest BCUT2D eigenvalue weighted by Crippen LogP contribution is -2.48. The number of halogens is 7. The number of rotatable bonds is 6. The summed E-state index contributed by atoms with van der Waals surface area (Å²) in [5, 5.41) is 27.8. The minimum atomic E-state index is -2.88. The first kappa shape index (κ1) is 47.6. The van der Waals surface area contributed by atoms with Crippen molar-refractivity contribution in [1.29, 1.82) is 0 Å². The standard InChI is InChI=1S/C13H13F2IN2O2.C13H14F2N2O3.C12H12F2N2O4/c1-3-13(15)8(2)12(14,7-16)6-9(13)18-5-4-10(19)17-11(18)20;1-3-13(15)8(2)12(14,7-18)6-9(13)17-5-4-10(19)16-11(17)20;1-2-12(14)7(5-11(13,6-17)9(12)19)16-4-3-8(18)15-10(16)20/h1,4-5,8-9H,6-7H2,2H3,(H,17,19,20);1,4-5,8-9,18H,6-7H2,2H3,(H,16,19,20);1,3-4,7,9,17,19H,5-6H2,(H,15,18,20)/t2*8-,9-,12+,13-;7-,9-,11+,12+/m111/s1. The van der Waals surface area contributed by atoms with Gasteiger partial charge in [-0.15, -0.1) is 19.3 Å². The normalized spacial score (nSPS) is 36.8. The van der Waals surface area contributed by atoms with E-state index < -0.39 is 130 Å². The lowest BCUT2D eigenvalue weighted by atomic mass is 9.87. The first-order valence-electron chi connectivity index (χ1n) is 17.8. The number of H-pyrrole nitrogens is 3. The first-order chi connectivity index (χ1) is 27.8. The van der Waals surface area contributed by atoms with Gasteiger partial charge in [-0.05, 0) is 0 Å². The summed E-state index contributed by atoms with van der Waals surface area (Å²) in [5.74, 6) is 3.23. The predicted molar refractivity (Wildman–Crippen MR) is 212 cm³/mol. The maximum Gasteiger partial charge on any atom is 0.328 e. The van der Waals surface area contributed by atoms with Crippen LogP contribution in [0.2, 0.25) is 0 Å². The Kier molecular flexibility index (Phi) is 13.6. The number of nitrogens with zero attached hydrogens (tertiary/aromatic N) is 3. The number of aromatic nitrogens is 6. The van der Waals surface area contributed by atoms with Gasteiger partial charge in [0.2, 0.25) is 5.67 Å². The highest BCUT2D eigenvalue weighted by molar-refractivity contribution is 14.1. The summed E-state index contributed by atoms with van der Waals surface area (Å²) in [6.07, 6.45) is 15.0. The van der Waals surface area contributed by atoms with E-state index in [0.717, 1.165) is 45.9 Å². The second-order valence-electron chi connectivity index (χ2n) is 14.8. The molecule has 0 spiro atoms. The molecule has 0 aliphatic heterocycles. The summed E-state index contributed by atoms with van der Waals surface area (Å²) in [7, 11) is 0. The SMILES string of the molecule is C#C[C@@]1(F)[C@H](C)[C@@](F)(CI)C[C@H]1n1ccc(=O)[nH]c1=O.C#C[C@@]1(F)[C@H](C)[C@@](F)(CO)C[C@H]1n1ccc(=O)[nH]c1=O.C#C[C@@]1(F)[C@H](O)[C@@](F)(CO)C[C@H]1n1ccc(=O)[nH]c1=O. The molecule has 22 heteroatoms. The zero-order valence-electron chi connectivity index (χ0n) is 31.7. The quantitative estimate of drug-likeness (QED) is 0.0882. The Morgan fingerprint density at radius 2 is 0.917 bits per heavy atom. The van der Waals surface area contributed by atoms with E-state index in [-0.39, 0.29) is 10.8 Å². The Balaban J connectivity index is 0.000000198. The molecule has 324 valence electrons. The van der Waals surface area contributed by atoms with Crippen LogP contribution in [0.3, 0.4) is 0 Å². The molecular weight excluding hydrogens is 925 g/mol. The van der Waals surface area contributed by atoms with Gasteiger partial charge >= 0.3 is 17.1 Å². The van der Waals surface area contributed by atoms with Crippen molar-refractivity contribution < 1.29 is 41.7 Å². The Labute approximate surface area is 349 Å². The van der Waals surface area contributed by atoms with Gasteiger partial charge in [0.25, 0.3) is 16.7 Å². The van der Waals surface area contributed by atoms with Crippen LogP contribution in [0, 0.1) is 48.9 Å². The Bertz CT molecular complexity index is 2320. The summed E-state index contributed by atoms with van der Waals surface area (Å²) in [5.41, 5.74) is -18.8. The van der Waals surface area contributed by atoms with Gasteiger partial charge in [0.15, 0.2) is 17.0 Å². The number of aliphatic hydroxyl groups excluding tert-OH is 3. The lowest BCUT2D eigenvalue weighted by molar-refractivity contribution is -0.0637. The molecule has 15 nitrogen and oxygen atoms in total. The van der Waals surface area contributed by atoms with E-state index in [1.807, 2.05) is 49.4 Å². The van der Waals surface area contributed by atoms with E-state index in [1.165, 1.54) is 13.8 Å². The molecule has 6 N–H and O–H groups in total. The summed E-state index contributed by atoms with van der Waals surface area (Å²) in [6, 6.07) is -0.896. The summed E-state index contributed by atoms with van der Waals surface area (Å²) in [4.78, 5) is 74.1. The molecule has 0 amide bonds. The molecule has 60 heavy (non-hydrogen) atoms. The number of hydrogen-bond acceptors (Lipinski definition) is 9. The molecule has 0 radical (unpaired) electrons. The van der Waals surface area contributed by atoms with Crippen LogP contribution in [0.5, 0.6) is 0 Å². The van der Waals surface area contributed by atoms with Crippen LogP contribution < -0.4 is 33.7 Å². The van der Waals surface area contributed by atoms with Crippen LogP contribution in [-0.4, -0.2) is 102 Å². The predicted octanol–water partition coefficient (Wildman–Crippen LogP) is 0.646. The van der Waals surface area contributed by atoms with Crippen molar-refractivity contribution in [3.05, 3.63) is 99.3 Å². The molecule has 3 heterocycles. The summed E-state index contributed by atoms with van der Waals surface area (Å²) >= 11 is 1.84. The highest BCUT2D eigenvalue weighted by Crippen LogP contribution is 2.55. The molecule has 6 rings (SSSR count). The van der Waals surface area contributed by atoms with Crippen molar-refractivity contribution in [3.8, 4) is 37.0 Å². The topological polar surface area (TPSA) is 225 Å². The smallest absolute Gasteiger partial charge is 0.328 e. The van der Waals surface area contributed by atoms with Crippen molar-refractivity contribution in [2.75, 3.05) is 17.6 Å². The molecule has 0 bridgehead atoms. The number of nitrogens with one attached hydrogen (secondary N) is 3. The highest BCUT2D eigenvalue weighted by Gasteiger charge is 2.65. The number of hydrogen-bond donors (Lipinski definition) is 6. The van der Waals surface area contributed by atoms with E-state index in [0.29, 0.717) is 4.57 Å². The van der Waals surface area contributed by atoms with Crippen LogP contribution in [0.25, 0.3) is 0 Å². The Morgan fingerprint density at radius 3 is 1.22 bits per heavy atom. The second-order valence-corrected chi connectivity index (χ2v) is 15.6. The fourth-order valence-corrected chi connectivity index (χ4v) is 8.80. The largest absolute Gasteiger partial charge is 0.393 e. The molecule has 3 aliphatic carbocycles. The van der Waals surface area contributed by atoms with E-state index in [1.54, 1.807) is 5.92 Å². The van der Waals surface area contributed by atoms with E-state index in [2.05, 4.69) is 0 Å². The van der Waals surface area contributed by atoms with Crippen LogP contribution >= 0.6 is 22.6 Å². The fraction of sp³-hybridized carbons (Fsp3) is 0.526. The van der Waals surface area contributed by atoms with Crippen molar-refractivity contribution in [1.82, 2.24) is 28.7 Å². The molecule has 3 saturated carbocycles. The molecular formula is C38H39F6IN6O9. The van der Waals surface area contributed by atoms with Gasteiger partial charge in [0, 0.05) is 72.3 Å². The minimum absolute atomic E-state index is 0.0773. The lowest BCUT2D eigenvalue weighted by Gasteiger charge is -2.28. The molecule has 0 unspecified atom stereocenters. The van der Waals surface area contributed by atoms with Crippen molar-refractivity contribution in [2.45, 2.75) is 91.4 Å². The van der Waals surface area contributed by atoms with Crippen LogP contribution in [0.4, 0.5) is 26.3 Å². The molecule has 3 fully saturated rings. The van der Waals surface area contributed by atoms with Crippen molar-refractivity contribution in [2.24, 2.45) is 11.8 Å². The number of alkyl halides is 7. The van der Waals surface area contributed by atoms with E-state index in [4.69, 9.17) is 29.5 Å². The van der Waals surface area contributed by atoms with Gasteiger partial charge < -0.3 is 15.3 Å². The Hall–Kier alpha value is -5.09. The fourth-order valence-electron chi connectivity index (χ4n) is 7.82. The van der Waals surface area contributed by atoms with Crippen LogP contribution in [-0.2, 0) is 0 Å². The molecule has 3 aliphatic rings.